The molecule has 1 heterocycles. The molecule has 0 aliphatic rings. The van der Waals surface area contributed by atoms with Crippen molar-refractivity contribution < 1.29 is 5.11 Å². The van der Waals surface area contributed by atoms with Crippen LogP contribution in [0.3, 0.4) is 0 Å². The second-order valence-electron chi connectivity index (χ2n) is 5.21. The first-order valence-electron chi connectivity index (χ1n) is 6.93. The minimum atomic E-state index is -0.556. The Morgan fingerprint density at radius 1 is 1.33 bits per heavy atom. The van der Waals surface area contributed by atoms with Crippen LogP contribution in [0.4, 0.5) is 0 Å². The number of hydrogen-bond acceptors (Lipinski definition) is 3. The summed E-state index contributed by atoms with van der Waals surface area (Å²) in [7, 11) is 1.95. The van der Waals surface area contributed by atoms with E-state index in [1.165, 1.54) is 11.3 Å². The van der Waals surface area contributed by atoms with Crippen LogP contribution in [0, 0.1) is 6.92 Å². The predicted octanol–water partition coefficient (Wildman–Crippen LogP) is 2.15. The molecule has 0 unspecified atom stereocenters. The van der Waals surface area contributed by atoms with Crippen LogP contribution in [0.2, 0.25) is 0 Å². The molecule has 4 heteroatoms. The van der Waals surface area contributed by atoms with E-state index in [-0.39, 0.29) is 0 Å². The van der Waals surface area contributed by atoms with E-state index in [9.17, 15) is 5.11 Å². The molecule has 104 valence electrons. The van der Waals surface area contributed by atoms with E-state index >= 15 is 0 Å². The second-order valence-corrected chi connectivity index (χ2v) is 5.21. The van der Waals surface area contributed by atoms with Gasteiger partial charge in [0.25, 0.3) is 0 Å². The first-order valence-corrected chi connectivity index (χ1v) is 6.93. The molecular formula is C14H27N3O. The van der Waals surface area contributed by atoms with Crippen LogP contribution in [-0.4, -0.2) is 27.0 Å². The molecule has 0 aliphatic heterocycles. The number of hydrogen-bond donors (Lipinski definition) is 2. The molecule has 0 aliphatic carbocycles. The minimum absolute atomic E-state index is 0.556. The molecule has 4 nitrogen and oxygen atoms in total. The summed E-state index contributed by atoms with van der Waals surface area (Å²) in [6, 6.07) is 0. The van der Waals surface area contributed by atoms with Gasteiger partial charge < -0.3 is 10.4 Å². The van der Waals surface area contributed by atoms with Gasteiger partial charge in [-0.3, -0.25) is 4.68 Å². The molecule has 0 spiro atoms. The summed E-state index contributed by atoms with van der Waals surface area (Å²) in [6.45, 7) is 7.73. The lowest BCUT2D eigenvalue weighted by Crippen LogP contribution is -2.40. The van der Waals surface area contributed by atoms with Gasteiger partial charge in [0.1, 0.15) is 0 Å². The largest absolute Gasteiger partial charge is 0.389 e. The Bertz CT molecular complexity index is 354. The summed E-state index contributed by atoms with van der Waals surface area (Å²) in [5.74, 6) is 0. The maximum absolute atomic E-state index is 10.5. The molecule has 0 atom stereocenters. The second kappa shape index (κ2) is 6.90. The van der Waals surface area contributed by atoms with Crippen molar-refractivity contribution in [3.8, 4) is 0 Å². The highest BCUT2D eigenvalue weighted by Gasteiger charge is 2.24. The van der Waals surface area contributed by atoms with E-state index in [0.717, 1.165) is 32.2 Å². The maximum Gasteiger partial charge on any atom is 0.0771 e. The highest BCUT2D eigenvalue weighted by molar-refractivity contribution is 5.15. The van der Waals surface area contributed by atoms with Crippen molar-refractivity contribution in [2.75, 3.05) is 6.54 Å². The summed E-state index contributed by atoms with van der Waals surface area (Å²) in [4.78, 5) is 0. The van der Waals surface area contributed by atoms with Gasteiger partial charge in [0.15, 0.2) is 0 Å². The summed E-state index contributed by atoms with van der Waals surface area (Å²) in [5, 5.41) is 18.1. The fourth-order valence-electron chi connectivity index (χ4n) is 2.38. The Hall–Kier alpha value is -0.870. The Kier molecular flexibility index (Phi) is 5.82. The molecule has 1 aromatic rings. The van der Waals surface area contributed by atoms with Crippen LogP contribution in [0.25, 0.3) is 0 Å². The summed E-state index contributed by atoms with van der Waals surface area (Å²) < 4.78 is 1.88. The van der Waals surface area contributed by atoms with Gasteiger partial charge in [-0.2, -0.15) is 5.10 Å². The quantitative estimate of drug-likeness (QED) is 0.746. The number of nitrogens with one attached hydrogen (secondary N) is 1. The third-order valence-electron chi connectivity index (χ3n) is 3.54. The summed E-state index contributed by atoms with van der Waals surface area (Å²) in [5.41, 5.74) is 1.82. The van der Waals surface area contributed by atoms with Crippen LogP contribution >= 0.6 is 0 Å². The number of rotatable bonds is 8. The van der Waals surface area contributed by atoms with Gasteiger partial charge >= 0.3 is 0 Å². The van der Waals surface area contributed by atoms with E-state index < -0.39 is 5.60 Å². The number of nitrogens with zero attached hydrogens (tertiary/aromatic N) is 2. The monoisotopic (exact) mass is 253 g/mol. The zero-order chi connectivity index (χ0) is 13.6. The molecular weight excluding hydrogens is 226 g/mol. The highest BCUT2D eigenvalue weighted by Crippen LogP contribution is 2.18. The van der Waals surface area contributed by atoms with Crippen molar-refractivity contribution >= 4 is 0 Å². The molecule has 0 radical (unpaired) electrons. The lowest BCUT2D eigenvalue weighted by atomic mass is 9.92. The van der Waals surface area contributed by atoms with Crippen LogP contribution in [-0.2, 0) is 13.6 Å². The van der Waals surface area contributed by atoms with Crippen LogP contribution in [0.1, 0.15) is 50.8 Å². The average molecular weight is 253 g/mol. The van der Waals surface area contributed by atoms with Gasteiger partial charge in [-0.25, -0.2) is 0 Å². The molecule has 1 aromatic heterocycles. The molecule has 0 saturated heterocycles. The highest BCUT2D eigenvalue weighted by atomic mass is 16.3. The van der Waals surface area contributed by atoms with Crippen molar-refractivity contribution in [3.63, 3.8) is 0 Å². The lowest BCUT2D eigenvalue weighted by Gasteiger charge is -2.27. The molecule has 18 heavy (non-hydrogen) atoms. The van der Waals surface area contributed by atoms with E-state index in [1.807, 2.05) is 17.9 Å². The standard InChI is InChI=1S/C14H27N3O/c1-5-7-14(18,8-6-2)11-15-9-13-10-16-17(4)12(13)3/h10,15,18H,5-9,11H2,1-4H3. The van der Waals surface area contributed by atoms with Gasteiger partial charge in [0, 0.05) is 31.4 Å². The molecule has 0 saturated carbocycles. The molecule has 1 rings (SSSR count). The van der Waals surface area contributed by atoms with Crippen LogP contribution in [0.15, 0.2) is 6.20 Å². The third-order valence-corrected chi connectivity index (χ3v) is 3.54. The Morgan fingerprint density at radius 3 is 2.39 bits per heavy atom. The number of aromatic nitrogens is 2. The van der Waals surface area contributed by atoms with Gasteiger partial charge in [-0.1, -0.05) is 26.7 Å². The van der Waals surface area contributed by atoms with Crippen LogP contribution < -0.4 is 5.32 Å². The molecule has 2 N–H and O–H groups in total. The van der Waals surface area contributed by atoms with Gasteiger partial charge in [-0.15, -0.1) is 0 Å². The van der Waals surface area contributed by atoms with Crippen molar-refractivity contribution in [3.05, 3.63) is 17.5 Å². The van der Waals surface area contributed by atoms with Crippen molar-refractivity contribution in [1.29, 1.82) is 0 Å². The fraction of sp³-hybridized carbons (Fsp3) is 0.786. The smallest absolute Gasteiger partial charge is 0.0771 e. The minimum Gasteiger partial charge on any atom is -0.389 e. The van der Waals surface area contributed by atoms with Gasteiger partial charge in [0.05, 0.1) is 11.8 Å². The Labute approximate surface area is 110 Å². The van der Waals surface area contributed by atoms with E-state index in [1.54, 1.807) is 0 Å². The zero-order valence-electron chi connectivity index (χ0n) is 12.2. The summed E-state index contributed by atoms with van der Waals surface area (Å²) in [6.07, 6.45) is 5.65. The number of aryl methyl sites for hydroxylation is 1. The first-order chi connectivity index (χ1) is 8.52. The molecule has 0 amide bonds. The predicted molar refractivity (Wildman–Crippen MR) is 74.4 cm³/mol. The Balaban J connectivity index is 2.46. The maximum atomic E-state index is 10.5. The SMILES string of the molecule is CCCC(O)(CCC)CNCc1cnn(C)c1C. The average Bonchev–Trinajstić information content (AvgIpc) is 2.61. The Morgan fingerprint density at radius 2 is 1.94 bits per heavy atom. The molecule has 0 bridgehead atoms. The van der Waals surface area contributed by atoms with Gasteiger partial charge in [-0.05, 0) is 19.8 Å². The van der Waals surface area contributed by atoms with Gasteiger partial charge in [0.2, 0.25) is 0 Å². The molecule has 0 fully saturated rings. The van der Waals surface area contributed by atoms with Crippen molar-refractivity contribution in [2.24, 2.45) is 7.05 Å². The fourth-order valence-corrected chi connectivity index (χ4v) is 2.38. The molecule has 0 aromatic carbocycles. The lowest BCUT2D eigenvalue weighted by molar-refractivity contribution is 0.0215. The van der Waals surface area contributed by atoms with E-state index in [0.29, 0.717) is 6.54 Å². The zero-order valence-corrected chi connectivity index (χ0v) is 12.2. The van der Waals surface area contributed by atoms with Crippen molar-refractivity contribution in [2.45, 2.75) is 58.6 Å². The van der Waals surface area contributed by atoms with E-state index in [2.05, 4.69) is 31.2 Å². The first kappa shape index (κ1) is 15.2. The normalized spacial score (nSPS) is 12.1. The third kappa shape index (κ3) is 4.10. The number of aliphatic hydroxyl groups is 1. The van der Waals surface area contributed by atoms with Crippen LogP contribution in [0.5, 0.6) is 0 Å². The van der Waals surface area contributed by atoms with E-state index in [4.69, 9.17) is 0 Å². The topological polar surface area (TPSA) is 50.1 Å². The summed E-state index contributed by atoms with van der Waals surface area (Å²) >= 11 is 0. The van der Waals surface area contributed by atoms with Crippen molar-refractivity contribution in [1.82, 2.24) is 15.1 Å².